The van der Waals surface area contributed by atoms with Crippen LogP contribution in [-0.2, 0) is 13.9 Å². The number of aromatic nitrogens is 4. The molecule has 2 aliphatic heterocycles. The number of fused-ring (bicyclic) bond motifs is 1. The molecule has 204 valence electrons. The summed E-state index contributed by atoms with van der Waals surface area (Å²) in [6.07, 6.45) is 5.00. The molecule has 0 aromatic carbocycles. The summed E-state index contributed by atoms with van der Waals surface area (Å²) in [7, 11) is -8.91. The van der Waals surface area contributed by atoms with Crippen molar-refractivity contribution < 1.29 is 38.8 Å². The van der Waals surface area contributed by atoms with E-state index in [9.17, 15) is 24.2 Å². The third kappa shape index (κ3) is 5.54. The van der Waals surface area contributed by atoms with Crippen LogP contribution in [0.15, 0.2) is 17.8 Å². The van der Waals surface area contributed by atoms with Gasteiger partial charge >= 0.3 is 7.60 Å². The summed E-state index contributed by atoms with van der Waals surface area (Å²) in [5.41, 5.74) is 1.04. The van der Waals surface area contributed by atoms with Gasteiger partial charge in [-0.15, -0.1) is 0 Å². The normalized spacial score (nSPS) is 25.7. The first kappa shape index (κ1) is 26.9. The van der Waals surface area contributed by atoms with Crippen molar-refractivity contribution in [2.24, 2.45) is 5.41 Å². The van der Waals surface area contributed by atoms with Crippen molar-refractivity contribution in [1.82, 2.24) is 19.5 Å². The van der Waals surface area contributed by atoms with E-state index in [4.69, 9.17) is 26.1 Å². The first-order valence-corrected chi connectivity index (χ1v) is 16.3. The molecule has 5 N–H and O–H groups in total. The minimum absolute atomic E-state index is 0.00242. The zero-order valence-electron chi connectivity index (χ0n) is 20.0. The molecule has 1 saturated carbocycles. The van der Waals surface area contributed by atoms with E-state index in [1.807, 2.05) is 0 Å². The molecule has 0 radical (unpaired) electrons. The predicted octanol–water partition coefficient (Wildman–Crippen LogP) is 3.10. The first-order valence-electron chi connectivity index (χ1n) is 12.1. The molecule has 1 saturated heterocycles. The molecular formula is C21H30ClN5O8P2. The number of hydrogen-bond donors (Lipinski definition) is 5. The van der Waals surface area contributed by atoms with Crippen LogP contribution in [0, 0.1) is 5.41 Å². The minimum atomic E-state index is -4.71. The summed E-state index contributed by atoms with van der Waals surface area (Å²) in [6, 6.07) is 0. The van der Waals surface area contributed by atoms with Crippen molar-refractivity contribution >= 4 is 43.5 Å². The average Bonchev–Trinajstić information content (AvgIpc) is 3.48. The molecule has 0 amide bonds. The first-order chi connectivity index (χ1) is 17.4. The Morgan fingerprint density at radius 1 is 1.14 bits per heavy atom. The Balaban J connectivity index is 1.36. The summed E-state index contributed by atoms with van der Waals surface area (Å²) >= 11 is 6.29. The smallest absolute Gasteiger partial charge is 0.335 e. The second kappa shape index (κ2) is 9.79. The zero-order valence-corrected chi connectivity index (χ0v) is 22.5. The van der Waals surface area contributed by atoms with Crippen molar-refractivity contribution in [3.8, 4) is 0 Å². The molecule has 3 aliphatic rings. The molecule has 37 heavy (non-hydrogen) atoms. The van der Waals surface area contributed by atoms with Gasteiger partial charge in [0.25, 0.3) is 0 Å². The van der Waals surface area contributed by atoms with Crippen LogP contribution in [0.2, 0.25) is 5.28 Å². The van der Waals surface area contributed by atoms with Crippen molar-refractivity contribution in [3.05, 3.63) is 23.1 Å². The number of aliphatic hydroxyl groups is 2. The van der Waals surface area contributed by atoms with E-state index in [2.05, 4.69) is 19.9 Å². The summed E-state index contributed by atoms with van der Waals surface area (Å²) in [4.78, 5) is 43.3. The monoisotopic (exact) mass is 577 g/mol. The lowest BCUT2D eigenvalue weighted by molar-refractivity contribution is -0.00730. The Morgan fingerprint density at radius 3 is 2.57 bits per heavy atom. The molecular weight excluding hydrogens is 548 g/mol. The summed E-state index contributed by atoms with van der Waals surface area (Å²) in [5.74, 6) is -1.28. The Bertz CT molecular complexity index is 1320. The van der Waals surface area contributed by atoms with Gasteiger partial charge in [-0.3, -0.25) is 13.7 Å². The van der Waals surface area contributed by atoms with E-state index < -0.39 is 45.1 Å². The molecule has 2 aromatic rings. The third-order valence-electron chi connectivity index (χ3n) is 7.49. The molecule has 3 atom stereocenters. The highest BCUT2D eigenvalue weighted by Crippen LogP contribution is 2.55. The number of allylic oxidation sites excluding steroid dienone is 1. The quantitative estimate of drug-likeness (QED) is 0.239. The maximum atomic E-state index is 12.2. The van der Waals surface area contributed by atoms with Gasteiger partial charge in [-0.1, -0.05) is 19.3 Å². The van der Waals surface area contributed by atoms with Gasteiger partial charge in [-0.2, -0.15) is 9.97 Å². The second-order valence-electron chi connectivity index (χ2n) is 10.3. The zero-order chi connectivity index (χ0) is 26.6. The molecule has 16 heteroatoms. The van der Waals surface area contributed by atoms with Crippen LogP contribution >= 0.6 is 26.6 Å². The van der Waals surface area contributed by atoms with Crippen molar-refractivity contribution in [1.29, 1.82) is 0 Å². The van der Waals surface area contributed by atoms with E-state index in [-0.39, 0.29) is 22.9 Å². The van der Waals surface area contributed by atoms with Crippen LogP contribution in [0.4, 0.5) is 5.82 Å². The highest BCUT2D eigenvalue weighted by atomic mass is 35.5. The lowest BCUT2D eigenvalue weighted by atomic mass is 9.73. The van der Waals surface area contributed by atoms with Crippen LogP contribution in [0.5, 0.6) is 0 Å². The molecule has 1 aliphatic carbocycles. The van der Waals surface area contributed by atoms with Crippen molar-refractivity contribution in [3.63, 3.8) is 0 Å². The number of nitrogens with zero attached hydrogens (tertiary/aromatic N) is 5. The second-order valence-corrected chi connectivity index (χ2v) is 15.2. The Hall–Kier alpha value is -1.72. The van der Waals surface area contributed by atoms with Crippen LogP contribution in [0.25, 0.3) is 11.2 Å². The van der Waals surface area contributed by atoms with E-state index >= 15 is 0 Å². The molecule has 2 fully saturated rings. The fourth-order valence-corrected chi connectivity index (χ4v) is 9.29. The lowest BCUT2D eigenvalue weighted by Crippen LogP contribution is -2.29. The number of aliphatic hydroxyl groups excluding tert-OH is 2. The maximum Gasteiger partial charge on any atom is 0.335 e. The van der Waals surface area contributed by atoms with Crippen LogP contribution in [-0.4, -0.2) is 75.7 Å². The number of anilines is 1. The fraction of sp³-hybridized carbons (Fsp3) is 0.667. The summed E-state index contributed by atoms with van der Waals surface area (Å²) in [5, 5.41) is 21.1. The number of imidazole rings is 1. The van der Waals surface area contributed by atoms with Crippen molar-refractivity contribution in [2.45, 2.75) is 57.3 Å². The van der Waals surface area contributed by atoms with E-state index in [1.165, 1.54) is 43.0 Å². The number of hydrogen-bond acceptors (Lipinski definition) is 9. The Kier molecular flexibility index (Phi) is 7.11. The Morgan fingerprint density at radius 2 is 1.86 bits per heavy atom. The van der Waals surface area contributed by atoms with E-state index in [1.54, 1.807) is 0 Å². The van der Waals surface area contributed by atoms with Crippen LogP contribution < -0.4 is 4.90 Å². The number of ether oxygens (including phenoxy) is 1. The van der Waals surface area contributed by atoms with E-state index in [0.29, 0.717) is 17.0 Å². The lowest BCUT2D eigenvalue weighted by Gasteiger charge is -2.33. The van der Waals surface area contributed by atoms with Gasteiger partial charge in [0.1, 0.15) is 18.0 Å². The molecule has 4 heterocycles. The number of rotatable bonds is 7. The van der Waals surface area contributed by atoms with E-state index in [0.717, 1.165) is 19.5 Å². The fourth-order valence-electron chi connectivity index (χ4n) is 5.71. The topological polar surface area (TPSA) is 191 Å². The summed E-state index contributed by atoms with van der Waals surface area (Å²) in [6.45, 7) is 1.67. The number of halogens is 1. The van der Waals surface area contributed by atoms with Gasteiger partial charge < -0.3 is 34.5 Å². The largest absolute Gasteiger partial charge is 0.506 e. The predicted molar refractivity (Wildman–Crippen MR) is 135 cm³/mol. The molecule has 1 spiro atoms. The van der Waals surface area contributed by atoms with Gasteiger partial charge in [0, 0.05) is 25.7 Å². The maximum absolute atomic E-state index is 12.2. The highest BCUT2D eigenvalue weighted by Gasteiger charge is 2.42. The van der Waals surface area contributed by atoms with Gasteiger partial charge in [-0.05, 0) is 36.3 Å². The molecule has 2 unspecified atom stereocenters. The molecule has 2 aromatic heterocycles. The van der Waals surface area contributed by atoms with Gasteiger partial charge in [0.15, 0.2) is 28.8 Å². The van der Waals surface area contributed by atoms with Gasteiger partial charge in [-0.25, -0.2) is 4.98 Å². The van der Waals surface area contributed by atoms with Gasteiger partial charge in [0.2, 0.25) is 18.9 Å². The standard InChI is InChI=1S/C21H30ClN5O8P2/c22-20-24-17(26-8-7-21(10-26)5-2-1-3-6-21)14-18(25-20)27(11-23-14)19-16(29)15(28)13(35-19)4-9-36(30,31)12-37(32,33)34/h11,16,19,28-29H,1-10,12H2,(H,30,31)(H2,32,33,34)/t16?,19-/m1/s1. The van der Waals surface area contributed by atoms with Gasteiger partial charge in [0.05, 0.1) is 0 Å². The summed E-state index contributed by atoms with van der Waals surface area (Å²) < 4.78 is 30.4. The van der Waals surface area contributed by atoms with Crippen LogP contribution in [0.1, 0.15) is 51.2 Å². The highest BCUT2D eigenvalue weighted by molar-refractivity contribution is 7.72. The molecule has 5 rings (SSSR count). The average molecular weight is 578 g/mol. The SMILES string of the molecule is O=P(O)(O)CP(=O)(O)CCC1=C(O)C(O)[C@H](n2cnc3c(N4CCC5(CCCCC5)C4)nc(Cl)nc32)O1. The minimum Gasteiger partial charge on any atom is -0.506 e. The Labute approximate surface area is 217 Å². The molecule has 0 bridgehead atoms. The van der Waals surface area contributed by atoms with Crippen LogP contribution in [0.3, 0.4) is 0 Å². The third-order valence-corrected chi connectivity index (χ3v) is 11.8. The van der Waals surface area contributed by atoms with Crippen molar-refractivity contribution in [2.75, 3.05) is 30.1 Å². The molecule has 13 nitrogen and oxygen atoms in total.